The van der Waals surface area contributed by atoms with E-state index in [0.717, 1.165) is 41.5 Å². The minimum atomic E-state index is -0.291. The summed E-state index contributed by atoms with van der Waals surface area (Å²) in [5.74, 6) is 0.805. The lowest BCUT2D eigenvalue weighted by atomic mass is 10.0. The van der Waals surface area contributed by atoms with Gasteiger partial charge in [-0.25, -0.2) is 4.79 Å². The molecule has 0 amide bonds. The second-order valence-electron chi connectivity index (χ2n) is 6.71. The topological polar surface area (TPSA) is 42.7 Å². The first-order valence-electron chi connectivity index (χ1n) is 9.25. The average molecular weight is 349 g/mol. The molecule has 0 aliphatic carbocycles. The maximum atomic E-state index is 12.1. The third kappa shape index (κ3) is 2.85. The zero-order chi connectivity index (χ0) is 18.1. The Morgan fingerprint density at radius 1 is 1.08 bits per heavy atom. The summed E-state index contributed by atoms with van der Waals surface area (Å²) in [4.78, 5) is 14.3. The van der Waals surface area contributed by atoms with E-state index >= 15 is 0 Å². The predicted octanol–water partition coefficient (Wildman–Crippen LogP) is 4.66. The number of hydrogen-bond acceptors (Lipinski definition) is 4. The SMILES string of the molecule is CCCc1cc(=O)oc2c3c(ccc12)OCN(c1ccccc1CC)C3. The number of para-hydroxylation sites is 1. The van der Waals surface area contributed by atoms with Gasteiger partial charge in [0.2, 0.25) is 0 Å². The third-order valence-corrected chi connectivity index (χ3v) is 5.02. The van der Waals surface area contributed by atoms with Gasteiger partial charge in [-0.05, 0) is 42.2 Å². The zero-order valence-corrected chi connectivity index (χ0v) is 15.2. The van der Waals surface area contributed by atoms with Gasteiger partial charge in [0.1, 0.15) is 11.3 Å². The molecule has 0 bridgehead atoms. The molecule has 4 nitrogen and oxygen atoms in total. The third-order valence-electron chi connectivity index (χ3n) is 5.02. The van der Waals surface area contributed by atoms with Crippen LogP contribution in [0.3, 0.4) is 0 Å². The van der Waals surface area contributed by atoms with Crippen LogP contribution in [0.25, 0.3) is 11.0 Å². The monoisotopic (exact) mass is 349 g/mol. The van der Waals surface area contributed by atoms with Crippen LogP contribution in [-0.4, -0.2) is 6.73 Å². The number of benzene rings is 2. The first kappa shape index (κ1) is 16.7. The fraction of sp³-hybridized carbons (Fsp3) is 0.318. The van der Waals surface area contributed by atoms with Gasteiger partial charge in [-0.15, -0.1) is 0 Å². The summed E-state index contributed by atoms with van der Waals surface area (Å²) in [6, 6.07) is 14.0. The maximum absolute atomic E-state index is 12.1. The summed E-state index contributed by atoms with van der Waals surface area (Å²) in [6.45, 7) is 5.44. The number of nitrogens with zero attached hydrogens (tertiary/aromatic N) is 1. The van der Waals surface area contributed by atoms with Gasteiger partial charge in [0, 0.05) is 17.1 Å². The number of anilines is 1. The van der Waals surface area contributed by atoms with E-state index < -0.39 is 0 Å². The normalized spacial score (nSPS) is 13.5. The molecule has 4 heteroatoms. The highest BCUT2D eigenvalue weighted by molar-refractivity contribution is 5.85. The second-order valence-corrected chi connectivity index (χ2v) is 6.71. The van der Waals surface area contributed by atoms with E-state index in [4.69, 9.17) is 9.15 Å². The molecule has 0 fully saturated rings. The molecule has 0 saturated heterocycles. The summed E-state index contributed by atoms with van der Waals surface area (Å²) in [6.07, 6.45) is 2.82. The molecular weight excluding hydrogens is 326 g/mol. The molecule has 4 rings (SSSR count). The molecule has 0 spiro atoms. The fourth-order valence-electron chi connectivity index (χ4n) is 3.75. The fourth-order valence-corrected chi connectivity index (χ4v) is 3.75. The summed E-state index contributed by atoms with van der Waals surface area (Å²) < 4.78 is 11.6. The average Bonchev–Trinajstić information content (AvgIpc) is 2.67. The van der Waals surface area contributed by atoms with Crippen LogP contribution in [0, 0.1) is 0 Å². The van der Waals surface area contributed by atoms with Crippen molar-refractivity contribution >= 4 is 16.7 Å². The van der Waals surface area contributed by atoms with Gasteiger partial charge in [0.05, 0.1) is 12.1 Å². The summed E-state index contributed by atoms with van der Waals surface area (Å²) in [7, 11) is 0. The van der Waals surface area contributed by atoms with Crippen molar-refractivity contribution in [2.45, 2.75) is 39.7 Å². The molecule has 0 radical (unpaired) electrons. The first-order chi connectivity index (χ1) is 12.7. The number of aryl methyl sites for hydroxylation is 2. The van der Waals surface area contributed by atoms with E-state index in [1.165, 1.54) is 11.3 Å². The van der Waals surface area contributed by atoms with Crippen LogP contribution in [0.5, 0.6) is 5.75 Å². The zero-order valence-electron chi connectivity index (χ0n) is 15.2. The van der Waals surface area contributed by atoms with Crippen LogP contribution in [0.2, 0.25) is 0 Å². The van der Waals surface area contributed by atoms with E-state index in [1.54, 1.807) is 6.07 Å². The lowest BCUT2D eigenvalue weighted by molar-refractivity contribution is 0.289. The van der Waals surface area contributed by atoms with Crippen molar-refractivity contribution in [3.63, 3.8) is 0 Å². The highest BCUT2D eigenvalue weighted by atomic mass is 16.5. The second kappa shape index (κ2) is 6.87. The Hall–Kier alpha value is -2.75. The predicted molar refractivity (Wildman–Crippen MR) is 104 cm³/mol. The van der Waals surface area contributed by atoms with Crippen molar-refractivity contribution < 1.29 is 9.15 Å². The Morgan fingerprint density at radius 3 is 2.73 bits per heavy atom. The van der Waals surface area contributed by atoms with Crippen molar-refractivity contribution in [1.82, 2.24) is 0 Å². The highest BCUT2D eigenvalue weighted by Gasteiger charge is 2.23. The van der Waals surface area contributed by atoms with Gasteiger partial charge < -0.3 is 14.1 Å². The standard InChI is InChI=1S/C22H23NO3/c1-3-7-16-12-21(24)26-22-17(16)10-11-20-18(22)13-23(14-25-20)19-9-6-5-8-15(19)4-2/h5-6,8-12H,3-4,7,13-14H2,1-2H3. The molecule has 0 unspecified atom stereocenters. The molecule has 1 aliphatic rings. The highest BCUT2D eigenvalue weighted by Crippen LogP contribution is 2.35. The van der Waals surface area contributed by atoms with Crippen molar-refractivity contribution in [2.24, 2.45) is 0 Å². The molecular formula is C22H23NO3. The van der Waals surface area contributed by atoms with Crippen LogP contribution in [0.15, 0.2) is 51.7 Å². The van der Waals surface area contributed by atoms with Gasteiger partial charge in [-0.2, -0.15) is 0 Å². The largest absolute Gasteiger partial charge is 0.473 e. The summed E-state index contributed by atoms with van der Waals surface area (Å²) >= 11 is 0. The lowest BCUT2D eigenvalue weighted by Gasteiger charge is -2.32. The van der Waals surface area contributed by atoms with Crippen LogP contribution in [0.1, 0.15) is 37.0 Å². The molecule has 26 heavy (non-hydrogen) atoms. The number of fused-ring (bicyclic) bond motifs is 3. The molecule has 2 aromatic carbocycles. The van der Waals surface area contributed by atoms with E-state index in [0.29, 0.717) is 18.9 Å². The van der Waals surface area contributed by atoms with Crippen molar-refractivity contribution in [1.29, 1.82) is 0 Å². The van der Waals surface area contributed by atoms with Crippen LogP contribution < -0.4 is 15.3 Å². The Morgan fingerprint density at radius 2 is 1.92 bits per heavy atom. The molecule has 1 aromatic heterocycles. The van der Waals surface area contributed by atoms with Gasteiger partial charge >= 0.3 is 5.63 Å². The number of rotatable bonds is 4. The van der Waals surface area contributed by atoms with E-state index in [2.05, 4.69) is 36.9 Å². The molecule has 134 valence electrons. The van der Waals surface area contributed by atoms with Gasteiger partial charge in [-0.1, -0.05) is 38.5 Å². The molecule has 0 atom stereocenters. The minimum absolute atomic E-state index is 0.291. The smallest absolute Gasteiger partial charge is 0.336 e. The van der Waals surface area contributed by atoms with E-state index in [-0.39, 0.29) is 5.63 Å². The molecule has 0 N–H and O–H groups in total. The number of hydrogen-bond donors (Lipinski definition) is 0. The van der Waals surface area contributed by atoms with Crippen molar-refractivity contribution in [2.75, 3.05) is 11.6 Å². The Kier molecular flexibility index (Phi) is 4.41. The van der Waals surface area contributed by atoms with Crippen molar-refractivity contribution in [3.05, 3.63) is 69.6 Å². The Balaban J connectivity index is 1.83. The lowest BCUT2D eigenvalue weighted by Crippen LogP contribution is -2.32. The summed E-state index contributed by atoms with van der Waals surface area (Å²) in [5.41, 5.74) is 4.83. The Labute approximate surface area is 153 Å². The quantitative estimate of drug-likeness (QED) is 0.642. The van der Waals surface area contributed by atoms with Gasteiger partial charge in [-0.3, -0.25) is 0 Å². The summed E-state index contributed by atoms with van der Waals surface area (Å²) in [5, 5.41) is 1.01. The van der Waals surface area contributed by atoms with Gasteiger partial charge in [0.25, 0.3) is 0 Å². The Bertz CT molecular complexity index is 1010. The van der Waals surface area contributed by atoms with Gasteiger partial charge in [0.15, 0.2) is 6.73 Å². The van der Waals surface area contributed by atoms with Crippen LogP contribution in [-0.2, 0) is 19.4 Å². The van der Waals surface area contributed by atoms with Crippen LogP contribution >= 0.6 is 0 Å². The maximum Gasteiger partial charge on any atom is 0.336 e. The molecule has 2 heterocycles. The van der Waals surface area contributed by atoms with E-state index in [9.17, 15) is 4.79 Å². The molecule has 0 saturated carbocycles. The van der Waals surface area contributed by atoms with E-state index in [1.807, 2.05) is 18.2 Å². The number of ether oxygens (including phenoxy) is 1. The molecule has 3 aromatic rings. The van der Waals surface area contributed by atoms with Crippen molar-refractivity contribution in [3.8, 4) is 5.75 Å². The minimum Gasteiger partial charge on any atom is -0.473 e. The first-order valence-corrected chi connectivity index (χ1v) is 9.25. The van der Waals surface area contributed by atoms with Crippen LogP contribution in [0.4, 0.5) is 5.69 Å². The molecule has 1 aliphatic heterocycles.